The molecule has 0 amide bonds. The van der Waals surface area contributed by atoms with Gasteiger partial charge in [-0.25, -0.2) is 0 Å². The second-order valence-electron chi connectivity index (χ2n) is 4.62. The Kier molecular flexibility index (Phi) is 8.23. The molecule has 0 aliphatic rings. The Morgan fingerprint density at radius 1 is 1.31 bits per heavy atom. The summed E-state index contributed by atoms with van der Waals surface area (Å²) < 4.78 is 4.94. The average Bonchev–Trinajstić information content (AvgIpc) is 1.84. The smallest absolute Gasteiger partial charge is 0.130 e. The van der Waals surface area contributed by atoms with E-state index in [9.17, 15) is 4.79 Å². The van der Waals surface area contributed by atoms with E-state index in [4.69, 9.17) is 4.74 Å². The molecule has 0 heterocycles. The predicted octanol–water partition coefficient (Wildman–Crippen LogP) is 3.05. The van der Waals surface area contributed by atoms with Gasteiger partial charge in [0.1, 0.15) is 5.78 Å². The van der Waals surface area contributed by atoms with E-state index in [1.165, 1.54) is 0 Å². The van der Waals surface area contributed by atoms with E-state index < -0.39 is 0 Å². The third-order valence-electron chi connectivity index (χ3n) is 1.31. The van der Waals surface area contributed by atoms with Crippen LogP contribution in [0.5, 0.6) is 0 Å². The van der Waals surface area contributed by atoms with Crippen molar-refractivity contribution < 1.29 is 9.53 Å². The molecule has 0 rings (SSSR count). The van der Waals surface area contributed by atoms with Gasteiger partial charge in [0, 0.05) is 13.5 Å². The summed E-state index contributed by atoms with van der Waals surface area (Å²) in [6.07, 6.45) is 0.722. The van der Waals surface area contributed by atoms with Crippen LogP contribution in [0.2, 0.25) is 0 Å². The van der Waals surface area contributed by atoms with Crippen molar-refractivity contribution >= 4 is 5.78 Å². The normalized spacial score (nSPS) is 10.8. The van der Waals surface area contributed by atoms with Crippen LogP contribution in [-0.4, -0.2) is 18.5 Å². The van der Waals surface area contributed by atoms with Gasteiger partial charge in [-0.1, -0.05) is 13.8 Å². The van der Waals surface area contributed by atoms with Crippen LogP contribution in [0.15, 0.2) is 0 Å². The van der Waals surface area contributed by atoms with Crippen LogP contribution in [0.1, 0.15) is 48.0 Å². The molecule has 0 aromatic heterocycles. The lowest BCUT2D eigenvalue weighted by Crippen LogP contribution is -2.15. The molecule has 0 bridgehead atoms. The quantitative estimate of drug-likeness (QED) is 0.665. The minimum atomic E-state index is 0.0417. The van der Waals surface area contributed by atoms with Gasteiger partial charge < -0.3 is 9.53 Å². The summed E-state index contributed by atoms with van der Waals surface area (Å²) in [6.45, 7) is 11.8. The molecule has 0 aliphatic heterocycles. The van der Waals surface area contributed by atoms with Gasteiger partial charge in [0.2, 0.25) is 0 Å². The highest BCUT2D eigenvalue weighted by Crippen LogP contribution is 2.02. The summed E-state index contributed by atoms with van der Waals surface area (Å²) in [5, 5.41) is 0. The van der Waals surface area contributed by atoms with Crippen molar-refractivity contribution in [3.63, 3.8) is 0 Å². The highest BCUT2D eigenvalue weighted by atomic mass is 16.5. The molecule has 0 unspecified atom stereocenters. The van der Waals surface area contributed by atoms with E-state index in [0.29, 0.717) is 5.92 Å². The summed E-state index contributed by atoms with van der Waals surface area (Å²) in [7, 11) is 1.71. The average molecular weight is 188 g/mol. The molecule has 2 heteroatoms. The van der Waals surface area contributed by atoms with Crippen molar-refractivity contribution in [1.29, 1.82) is 0 Å². The van der Waals surface area contributed by atoms with E-state index in [1.54, 1.807) is 14.0 Å². The molecule has 0 saturated carbocycles. The molecule has 0 radical (unpaired) electrons. The van der Waals surface area contributed by atoms with E-state index >= 15 is 0 Å². The molecular weight excluding hydrogens is 164 g/mol. The lowest BCUT2D eigenvalue weighted by atomic mass is 10.1. The van der Waals surface area contributed by atoms with E-state index in [0.717, 1.165) is 6.42 Å². The Balaban J connectivity index is 0. The summed E-state index contributed by atoms with van der Waals surface area (Å²) >= 11 is 0. The number of hydrogen-bond acceptors (Lipinski definition) is 2. The van der Waals surface area contributed by atoms with E-state index in [-0.39, 0.29) is 11.4 Å². The third kappa shape index (κ3) is 24.5. The highest BCUT2D eigenvalue weighted by molar-refractivity contribution is 5.75. The molecule has 0 saturated heterocycles. The Bertz CT molecular complexity index is 132. The number of Topliss-reactive ketones (excluding diaryl/α,β-unsaturated/α-hetero) is 1. The fraction of sp³-hybridized carbons (Fsp3) is 0.909. The second kappa shape index (κ2) is 7.07. The molecule has 0 spiro atoms. The predicted molar refractivity (Wildman–Crippen MR) is 56.9 cm³/mol. The Morgan fingerprint density at radius 2 is 1.62 bits per heavy atom. The first kappa shape index (κ1) is 15.1. The highest BCUT2D eigenvalue weighted by Gasteiger charge is 2.04. The molecule has 13 heavy (non-hydrogen) atoms. The monoisotopic (exact) mass is 188 g/mol. The molecule has 0 aliphatic carbocycles. The maximum absolute atomic E-state index is 10.3. The SMILES string of the molecule is CC(=O)CC(C)C.COC(C)(C)C. The van der Waals surface area contributed by atoms with Crippen molar-refractivity contribution in [3.8, 4) is 0 Å². The van der Waals surface area contributed by atoms with Gasteiger partial charge in [-0.3, -0.25) is 0 Å². The number of rotatable bonds is 2. The fourth-order valence-corrected chi connectivity index (χ4v) is 0.575. The number of hydrogen-bond donors (Lipinski definition) is 0. The molecule has 2 nitrogen and oxygen atoms in total. The first-order chi connectivity index (χ1) is 5.69. The lowest BCUT2D eigenvalue weighted by Gasteiger charge is -2.14. The number of ether oxygens (including phenoxy) is 1. The number of carbonyl (C=O) groups excluding carboxylic acids is 1. The van der Waals surface area contributed by atoms with Gasteiger partial charge in [-0.05, 0) is 33.6 Å². The maximum atomic E-state index is 10.3. The van der Waals surface area contributed by atoms with Crippen molar-refractivity contribution in [2.24, 2.45) is 5.92 Å². The Morgan fingerprint density at radius 3 is 1.62 bits per heavy atom. The summed E-state index contributed by atoms with van der Waals surface area (Å²) in [5.74, 6) is 0.813. The maximum Gasteiger partial charge on any atom is 0.130 e. The topological polar surface area (TPSA) is 26.3 Å². The second-order valence-corrected chi connectivity index (χ2v) is 4.62. The molecule has 0 aromatic rings. The van der Waals surface area contributed by atoms with Gasteiger partial charge in [0.15, 0.2) is 0 Å². The van der Waals surface area contributed by atoms with Crippen LogP contribution in [0, 0.1) is 5.92 Å². The van der Waals surface area contributed by atoms with Crippen molar-refractivity contribution in [2.45, 2.75) is 53.6 Å². The fourth-order valence-electron chi connectivity index (χ4n) is 0.575. The van der Waals surface area contributed by atoms with Crippen LogP contribution in [0.4, 0.5) is 0 Å². The van der Waals surface area contributed by atoms with Gasteiger partial charge in [-0.2, -0.15) is 0 Å². The molecule has 0 aromatic carbocycles. The first-order valence-electron chi connectivity index (χ1n) is 4.73. The van der Waals surface area contributed by atoms with Gasteiger partial charge >= 0.3 is 0 Å². The number of methoxy groups -OCH3 is 1. The zero-order valence-electron chi connectivity index (χ0n) is 10.1. The largest absolute Gasteiger partial charge is 0.379 e. The van der Waals surface area contributed by atoms with E-state index in [2.05, 4.69) is 0 Å². The Labute approximate surface area is 82.7 Å². The summed E-state index contributed by atoms with van der Waals surface area (Å²) in [5.41, 5.74) is 0.0417. The molecule has 0 atom stereocenters. The molecule has 0 N–H and O–H groups in total. The zero-order chi connectivity index (χ0) is 11.1. The van der Waals surface area contributed by atoms with E-state index in [1.807, 2.05) is 34.6 Å². The molecule has 80 valence electrons. The van der Waals surface area contributed by atoms with Crippen LogP contribution in [-0.2, 0) is 9.53 Å². The van der Waals surface area contributed by atoms with Gasteiger partial charge in [0.25, 0.3) is 0 Å². The molecular formula is C11H24O2. The first-order valence-corrected chi connectivity index (χ1v) is 4.73. The van der Waals surface area contributed by atoms with Gasteiger partial charge in [-0.15, -0.1) is 0 Å². The summed E-state index contributed by atoms with van der Waals surface area (Å²) in [4.78, 5) is 10.3. The standard InChI is InChI=1S/C6H12O.C5H12O/c1-5(2)4-6(3)7;1-5(2,3)6-4/h5H,4H2,1-3H3;1-4H3. The lowest BCUT2D eigenvalue weighted by molar-refractivity contribution is -0.117. The van der Waals surface area contributed by atoms with Crippen LogP contribution in [0.3, 0.4) is 0 Å². The number of ketones is 1. The van der Waals surface area contributed by atoms with Gasteiger partial charge in [0.05, 0.1) is 5.60 Å². The number of carbonyl (C=O) groups is 1. The van der Waals surface area contributed by atoms with Crippen LogP contribution >= 0.6 is 0 Å². The third-order valence-corrected chi connectivity index (χ3v) is 1.31. The van der Waals surface area contributed by atoms with Crippen LogP contribution < -0.4 is 0 Å². The molecule has 0 fully saturated rings. The minimum Gasteiger partial charge on any atom is -0.379 e. The Hall–Kier alpha value is -0.370. The summed E-state index contributed by atoms with van der Waals surface area (Å²) in [6, 6.07) is 0. The minimum absolute atomic E-state index is 0.0417. The zero-order valence-corrected chi connectivity index (χ0v) is 10.1. The van der Waals surface area contributed by atoms with Crippen molar-refractivity contribution in [1.82, 2.24) is 0 Å². The van der Waals surface area contributed by atoms with Crippen LogP contribution in [0.25, 0.3) is 0 Å². The van der Waals surface area contributed by atoms with Crippen molar-refractivity contribution in [2.75, 3.05) is 7.11 Å². The van der Waals surface area contributed by atoms with Crippen molar-refractivity contribution in [3.05, 3.63) is 0 Å².